The number of likely N-dealkylation sites (tertiary alicyclic amines) is 1. The Labute approximate surface area is 85.2 Å². The zero-order valence-electron chi connectivity index (χ0n) is 8.82. The molecule has 2 aliphatic heterocycles. The maximum atomic E-state index is 5.93. The van der Waals surface area contributed by atoms with Crippen molar-refractivity contribution in [3.63, 3.8) is 0 Å². The van der Waals surface area contributed by atoms with Crippen molar-refractivity contribution < 1.29 is 9.22 Å². The maximum Gasteiger partial charge on any atom is 0.120 e. The van der Waals surface area contributed by atoms with Crippen LogP contribution >= 0.6 is 11.8 Å². The van der Waals surface area contributed by atoms with E-state index in [1.54, 1.807) is 0 Å². The average Bonchev–Trinajstić information content (AvgIpc) is 2.56. The van der Waals surface area contributed by atoms with Crippen LogP contribution in [0.4, 0.5) is 0 Å². The predicted molar refractivity (Wildman–Crippen MR) is 56.8 cm³/mol. The largest absolute Gasteiger partial charge is 0.358 e. The fourth-order valence-corrected chi connectivity index (χ4v) is 3.60. The Hall–Kier alpha value is 0.270. The van der Waals surface area contributed by atoms with Gasteiger partial charge in [0.2, 0.25) is 0 Å². The molecule has 0 aromatic rings. The van der Waals surface area contributed by atoms with Crippen molar-refractivity contribution in [2.75, 3.05) is 26.4 Å². The molecule has 0 bridgehead atoms. The van der Waals surface area contributed by atoms with E-state index in [9.17, 15) is 0 Å². The summed E-state index contributed by atoms with van der Waals surface area (Å²) in [6.07, 6.45) is 3.24. The molecule has 0 saturated carbocycles. The molecule has 0 aromatic heterocycles. The van der Waals surface area contributed by atoms with E-state index in [0.29, 0.717) is 11.5 Å². The summed E-state index contributed by atoms with van der Waals surface area (Å²) in [5.41, 5.74) is 0.422. The molecule has 0 aliphatic carbocycles. The molecule has 2 heterocycles. The number of likely N-dealkylation sites (N-methyl/N-ethyl adjacent to an activating group) is 1. The summed E-state index contributed by atoms with van der Waals surface area (Å²) >= 11 is 1.96. The van der Waals surface area contributed by atoms with Crippen LogP contribution in [-0.4, -0.2) is 48.5 Å². The molecule has 3 atom stereocenters. The number of hydrogen-bond donors (Lipinski definition) is 0. The van der Waals surface area contributed by atoms with Crippen LogP contribution in [0.1, 0.15) is 19.8 Å². The lowest BCUT2D eigenvalue weighted by Gasteiger charge is -2.34. The summed E-state index contributed by atoms with van der Waals surface area (Å²) in [5, 5.41) is 0. The van der Waals surface area contributed by atoms with Gasteiger partial charge in [-0.15, -0.1) is 11.8 Å². The second-order valence-corrected chi connectivity index (χ2v) is 6.12. The number of thioether (sulfide) groups is 1. The van der Waals surface area contributed by atoms with E-state index in [4.69, 9.17) is 4.74 Å². The molecular formula is C10H20NOS+. The zero-order valence-corrected chi connectivity index (χ0v) is 9.64. The number of nitrogens with zero attached hydrogens (tertiary/aromatic N) is 1. The molecule has 2 aliphatic rings. The first-order valence-electron chi connectivity index (χ1n) is 5.19. The van der Waals surface area contributed by atoms with Gasteiger partial charge in [-0.1, -0.05) is 0 Å². The lowest BCUT2D eigenvalue weighted by Crippen LogP contribution is -2.50. The van der Waals surface area contributed by atoms with Crippen molar-refractivity contribution in [2.24, 2.45) is 0 Å². The van der Waals surface area contributed by atoms with Crippen molar-refractivity contribution in [2.45, 2.75) is 37.3 Å². The van der Waals surface area contributed by atoms with E-state index in [2.05, 4.69) is 21.0 Å². The van der Waals surface area contributed by atoms with Gasteiger partial charge >= 0.3 is 0 Å². The normalized spacial score (nSPS) is 44.1. The predicted octanol–water partition coefficient (Wildman–Crippen LogP) is 1.70. The van der Waals surface area contributed by atoms with Gasteiger partial charge in [0.15, 0.2) is 0 Å². The van der Waals surface area contributed by atoms with Gasteiger partial charge in [0.25, 0.3) is 0 Å². The topological polar surface area (TPSA) is 9.23 Å². The second-order valence-electron chi connectivity index (χ2n) is 4.79. The smallest absolute Gasteiger partial charge is 0.120 e. The van der Waals surface area contributed by atoms with Gasteiger partial charge in [-0.05, 0) is 6.92 Å². The van der Waals surface area contributed by atoms with Crippen LogP contribution in [0.25, 0.3) is 0 Å². The summed E-state index contributed by atoms with van der Waals surface area (Å²) in [7, 11) is 4.68. The molecule has 2 nitrogen and oxygen atoms in total. The highest BCUT2D eigenvalue weighted by molar-refractivity contribution is 7.99. The molecule has 13 heavy (non-hydrogen) atoms. The van der Waals surface area contributed by atoms with Crippen molar-refractivity contribution >= 4 is 11.8 Å². The average molecular weight is 202 g/mol. The molecular weight excluding hydrogens is 182 g/mol. The Morgan fingerprint density at radius 1 is 1.38 bits per heavy atom. The summed E-state index contributed by atoms with van der Waals surface area (Å²) < 4.78 is 7.09. The number of rotatable bonds is 1. The van der Waals surface area contributed by atoms with Gasteiger partial charge in [-0.3, -0.25) is 0 Å². The molecule has 0 N–H and O–H groups in total. The Balaban J connectivity index is 2.00. The zero-order chi connectivity index (χ0) is 9.47. The van der Waals surface area contributed by atoms with Crippen molar-refractivity contribution in [3.05, 3.63) is 0 Å². The van der Waals surface area contributed by atoms with Crippen LogP contribution in [0.15, 0.2) is 0 Å². The van der Waals surface area contributed by atoms with Crippen LogP contribution < -0.4 is 0 Å². The van der Waals surface area contributed by atoms with Crippen LogP contribution in [0.2, 0.25) is 0 Å². The molecule has 0 aromatic carbocycles. The molecule has 2 fully saturated rings. The third-order valence-corrected chi connectivity index (χ3v) is 4.52. The number of ether oxygens (including phenoxy) is 1. The Kier molecular flexibility index (Phi) is 2.60. The second kappa shape index (κ2) is 3.44. The minimum atomic E-state index is 0.422. The molecule has 3 heteroatoms. The van der Waals surface area contributed by atoms with Crippen molar-refractivity contribution in [1.29, 1.82) is 0 Å². The quantitative estimate of drug-likeness (QED) is 0.599. The molecule has 76 valence electrons. The first kappa shape index (κ1) is 9.81. The van der Waals surface area contributed by atoms with Gasteiger partial charge in [0.05, 0.1) is 20.6 Å². The van der Waals surface area contributed by atoms with E-state index in [-0.39, 0.29) is 0 Å². The van der Waals surface area contributed by atoms with E-state index < -0.39 is 0 Å². The molecule has 0 spiro atoms. The summed E-state index contributed by atoms with van der Waals surface area (Å²) in [6, 6.07) is 0.748. The fraction of sp³-hybridized carbons (Fsp3) is 1.00. The van der Waals surface area contributed by atoms with E-state index in [0.717, 1.165) is 10.5 Å². The van der Waals surface area contributed by atoms with Gasteiger partial charge < -0.3 is 9.22 Å². The monoisotopic (exact) mass is 202 g/mol. The Bertz CT molecular complexity index is 195. The first-order valence-corrected chi connectivity index (χ1v) is 6.24. The Morgan fingerprint density at radius 2 is 2.15 bits per heavy atom. The first-order chi connectivity index (χ1) is 6.09. The summed E-state index contributed by atoms with van der Waals surface area (Å²) in [4.78, 5) is 0. The summed E-state index contributed by atoms with van der Waals surface area (Å²) in [6.45, 7) is 3.49. The number of hydrogen-bond acceptors (Lipinski definition) is 2. The summed E-state index contributed by atoms with van der Waals surface area (Å²) in [5.74, 6) is 1.20. The molecule has 2 saturated heterocycles. The van der Waals surface area contributed by atoms with Crippen LogP contribution in [0, 0.1) is 0 Å². The molecule has 2 rings (SSSR count). The van der Waals surface area contributed by atoms with Crippen LogP contribution in [0.3, 0.4) is 0 Å². The minimum Gasteiger partial charge on any atom is -0.358 e. The van der Waals surface area contributed by atoms with Gasteiger partial charge in [-0.25, -0.2) is 0 Å². The third kappa shape index (κ3) is 1.88. The van der Waals surface area contributed by atoms with Crippen LogP contribution in [-0.2, 0) is 4.74 Å². The SMILES string of the molecule is C[C@H]1O[C@@H]([C@@H]2CCC[N+]2(C)C)CS1. The molecule has 0 radical (unpaired) electrons. The Morgan fingerprint density at radius 3 is 2.62 bits per heavy atom. The fourth-order valence-electron chi connectivity index (χ4n) is 2.62. The van der Waals surface area contributed by atoms with Crippen molar-refractivity contribution in [1.82, 2.24) is 0 Å². The van der Waals surface area contributed by atoms with Gasteiger partial charge in [0.1, 0.15) is 17.6 Å². The van der Waals surface area contributed by atoms with Crippen LogP contribution in [0.5, 0.6) is 0 Å². The van der Waals surface area contributed by atoms with Crippen molar-refractivity contribution in [3.8, 4) is 0 Å². The third-order valence-electron chi connectivity index (χ3n) is 3.42. The maximum absolute atomic E-state index is 5.93. The van der Waals surface area contributed by atoms with Gasteiger partial charge in [0, 0.05) is 18.6 Å². The van der Waals surface area contributed by atoms with E-state index in [1.807, 2.05) is 11.8 Å². The van der Waals surface area contributed by atoms with Gasteiger partial charge in [-0.2, -0.15) is 0 Å². The highest BCUT2D eigenvalue weighted by Crippen LogP contribution is 2.34. The number of quaternary nitrogens is 1. The molecule has 0 unspecified atom stereocenters. The minimum absolute atomic E-state index is 0.422. The molecule has 0 amide bonds. The lowest BCUT2D eigenvalue weighted by atomic mass is 10.1. The highest BCUT2D eigenvalue weighted by Gasteiger charge is 2.43. The van der Waals surface area contributed by atoms with E-state index >= 15 is 0 Å². The standard InChI is InChI=1S/C10H20NOS/c1-8-12-10(7-13-8)9-5-4-6-11(9,2)3/h8-10H,4-7H2,1-3H3/q+1/t8-,9-,10+/m0/s1. The van der Waals surface area contributed by atoms with E-state index in [1.165, 1.54) is 25.1 Å². The lowest BCUT2D eigenvalue weighted by molar-refractivity contribution is -0.905. The highest BCUT2D eigenvalue weighted by atomic mass is 32.2.